The van der Waals surface area contributed by atoms with Crippen LogP contribution < -0.4 is 0 Å². The van der Waals surface area contributed by atoms with Crippen LogP contribution in [0.5, 0.6) is 0 Å². The van der Waals surface area contributed by atoms with Gasteiger partial charge in [0.05, 0.1) is 11.2 Å². The minimum absolute atomic E-state index is 1.02. The summed E-state index contributed by atoms with van der Waals surface area (Å²) < 4.78 is 0. The molecule has 0 aliphatic heterocycles. The molecule has 1 heterocycles. The van der Waals surface area contributed by atoms with Crippen LogP contribution in [0.2, 0.25) is 0 Å². The highest BCUT2D eigenvalue weighted by atomic mass is 14.8. The maximum absolute atomic E-state index is 4.42. The summed E-state index contributed by atoms with van der Waals surface area (Å²) in [6.45, 7) is 0. The van der Waals surface area contributed by atoms with Crippen LogP contribution in [0.15, 0.2) is 48.8 Å². The van der Waals surface area contributed by atoms with Crippen LogP contribution in [0.4, 0.5) is 0 Å². The van der Waals surface area contributed by atoms with E-state index < -0.39 is 0 Å². The van der Waals surface area contributed by atoms with Gasteiger partial charge < -0.3 is 0 Å². The molecule has 1 aromatic carbocycles. The summed E-state index contributed by atoms with van der Waals surface area (Å²) in [6, 6.07) is 8.16. The van der Waals surface area contributed by atoms with E-state index in [0.29, 0.717) is 0 Å². The van der Waals surface area contributed by atoms with Crippen LogP contribution in [0.1, 0.15) is 18.5 Å². The number of nitrogens with zero attached hydrogens (tertiary/aromatic N) is 2. The molecule has 16 heavy (non-hydrogen) atoms. The van der Waals surface area contributed by atoms with Crippen molar-refractivity contribution >= 4 is 16.5 Å². The second-order valence-corrected chi connectivity index (χ2v) is 3.90. The van der Waals surface area contributed by atoms with Crippen molar-refractivity contribution < 1.29 is 0 Å². The number of hydrogen-bond acceptors (Lipinski definition) is 2. The molecular weight excluding hydrogens is 196 g/mol. The van der Waals surface area contributed by atoms with Gasteiger partial charge in [-0.05, 0) is 24.5 Å². The van der Waals surface area contributed by atoms with E-state index in [-0.39, 0.29) is 0 Å². The smallest absolute Gasteiger partial charge is 0.116 e. The molecule has 0 bridgehead atoms. The topological polar surface area (TPSA) is 25.8 Å². The van der Waals surface area contributed by atoms with Gasteiger partial charge in [-0.2, -0.15) is 0 Å². The Balaban J connectivity index is 2.23. The molecule has 3 rings (SSSR count). The van der Waals surface area contributed by atoms with E-state index in [0.717, 1.165) is 29.4 Å². The van der Waals surface area contributed by atoms with Crippen LogP contribution in [0, 0.1) is 0 Å². The summed E-state index contributed by atoms with van der Waals surface area (Å²) >= 11 is 0. The molecule has 2 nitrogen and oxygen atoms in total. The Bertz CT molecular complexity index is 577. The molecule has 0 amide bonds. The van der Waals surface area contributed by atoms with E-state index in [9.17, 15) is 0 Å². The Labute approximate surface area is 94.4 Å². The molecule has 1 aromatic heterocycles. The van der Waals surface area contributed by atoms with Crippen LogP contribution in [-0.4, -0.2) is 9.97 Å². The van der Waals surface area contributed by atoms with Crippen molar-refractivity contribution in [2.45, 2.75) is 12.8 Å². The minimum Gasteiger partial charge on any atom is -0.236 e. The van der Waals surface area contributed by atoms with Crippen LogP contribution in [-0.2, 0) is 0 Å². The molecule has 1 aliphatic rings. The molecule has 0 spiro atoms. The van der Waals surface area contributed by atoms with Crippen molar-refractivity contribution in [2.24, 2.45) is 0 Å². The van der Waals surface area contributed by atoms with E-state index >= 15 is 0 Å². The lowest BCUT2D eigenvalue weighted by Gasteiger charge is -2.10. The largest absolute Gasteiger partial charge is 0.236 e. The van der Waals surface area contributed by atoms with E-state index in [2.05, 4.69) is 34.3 Å². The second-order valence-electron chi connectivity index (χ2n) is 3.90. The predicted octanol–water partition coefficient (Wildman–Crippen LogP) is 3.36. The highest BCUT2D eigenvalue weighted by Crippen LogP contribution is 2.26. The highest BCUT2D eigenvalue weighted by molar-refractivity contribution is 5.89. The quantitative estimate of drug-likeness (QED) is 0.718. The van der Waals surface area contributed by atoms with Gasteiger partial charge >= 0.3 is 0 Å². The summed E-state index contributed by atoms with van der Waals surface area (Å²) in [7, 11) is 0. The zero-order valence-electron chi connectivity index (χ0n) is 8.93. The first-order chi connectivity index (χ1) is 7.95. The molecule has 0 radical (unpaired) electrons. The number of fused-ring (bicyclic) bond motifs is 1. The van der Waals surface area contributed by atoms with Gasteiger partial charge in [0.1, 0.15) is 6.33 Å². The summed E-state index contributed by atoms with van der Waals surface area (Å²) in [6.07, 6.45) is 10.3. The molecule has 2 aromatic rings. The second kappa shape index (κ2) is 3.89. The van der Waals surface area contributed by atoms with Gasteiger partial charge in [-0.3, -0.25) is 0 Å². The maximum Gasteiger partial charge on any atom is 0.116 e. The summed E-state index contributed by atoms with van der Waals surface area (Å²) in [5.74, 6) is 0. The van der Waals surface area contributed by atoms with Gasteiger partial charge in [-0.1, -0.05) is 36.4 Å². The number of hydrogen-bond donors (Lipinski definition) is 0. The predicted molar refractivity (Wildman–Crippen MR) is 65.9 cm³/mol. The number of benzene rings is 1. The Morgan fingerprint density at radius 1 is 1.06 bits per heavy atom. The van der Waals surface area contributed by atoms with Gasteiger partial charge in [0.2, 0.25) is 0 Å². The first-order valence-corrected chi connectivity index (χ1v) is 5.51. The normalized spacial score (nSPS) is 15.1. The van der Waals surface area contributed by atoms with Crippen molar-refractivity contribution in [2.75, 3.05) is 0 Å². The summed E-state index contributed by atoms with van der Waals surface area (Å²) in [5.41, 5.74) is 3.40. The van der Waals surface area contributed by atoms with E-state index in [1.54, 1.807) is 6.33 Å². The third-order valence-corrected chi connectivity index (χ3v) is 2.86. The van der Waals surface area contributed by atoms with Crippen LogP contribution >= 0.6 is 0 Å². The Morgan fingerprint density at radius 2 is 2.00 bits per heavy atom. The monoisotopic (exact) mass is 208 g/mol. The zero-order chi connectivity index (χ0) is 10.8. The standard InChI is InChI=1S/C14H12N2/c1-2-6-11(7-3-1)14-12-8-4-5-9-13(12)15-10-16-14/h1-2,4-6,8-10H,3,7H2. The molecule has 2 heteroatoms. The first kappa shape index (κ1) is 9.28. The fraction of sp³-hybridized carbons (Fsp3) is 0.143. The maximum atomic E-state index is 4.42. The molecule has 0 N–H and O–H groups in total. The third kappa shape index (κ3) is 1.52. The van der Waals surface area contributed by atoms with Crippen molar-refractivity contribution in [1.29, 1.82) is 0 Å². The lowest BCUT2D eigenvalue weighted by atomic mass is 9.99. The van der Waals surface area contributed by atoms with Crippen molar-refractivity contribution in [1.82, 2.24) is 9.97 Å². The molecular formula is C14H12N2. The first-order valence-electron chi connectivity index (χ1n) is 5.51. The Kier molecular flexibility index (Phi) is 2.26. The third-order valence-electron chi connectivity index (χ3n) is 2.86. The van der Waals surface area contributed by atoms with Crippen LogP contribution in [0.25, 0.3) is 16.5 Å². The molecule has 0 atom stereocenters. The molecule has 0 saturated carbocycles. The summed E-state index contributed by atoms with van der Waals surface area (Å²) in [4.78, 5) is 8.70. The molecule has 0 saturated heterocycles. The fourth-order valence-electron chi connectivity index (χ4n) is 2.06. The lowest BCUT2D eigenvalue weighted by Crippen LogP contribution is -1.94. The van der Waals surface area contributed by atoms with Gasteiger partial charge in [0.15, 0.2) is 0 Å². The van der Waals surface area contributed by atoms with Crippen molar-refractivity contribution in [3.05, 3.63) is 54.5 Å². The zero-order valence-corrected chi connectivity index (χ0v) is 8.93. The van der Waals surface area contributed by atoms with Gasteiger partial charge in [-0.25, -0.2) is 9.97 Å². The molecule has 0 fully saturated rings. The lowest BCUT2D eigenvalue weighted by molar-refractivity contribution is 1.04. The molecule has 78 valence electrons. The molecule has 0 unspecified atom stereocenters. The SMILES string of the molecule is C1=CCCC(c2ncnc3ccccc23)=C1. The van der Waals surface area contributed by atoms with E-state index in [4.69, 9.17) is 0 Å². The fourth-order valence-corrected chi connectivity index (χ4v) is 2.06. The summed E-state index contributed by atoms with van der Waals surface area (Å²) in [5, 5.41) is 1.14. The van der Waals surface area contributed by atoms with E-state index in [1.165, 1.54) is 5.57 Å². The number of rotatable bonds is 1. The minimum atomic E-state index is 1.02. The number of allylic oxidation sites excluding steroid dienone is 4. The van der Waals surface area contributed by atoms with Crippen LogP contribution in [0.3, 0.4) is 0 Å². The number of aromatic nitrogens is 2. The Morgan fingerprint density at radius 3 is 2.88 bits per heavy atom. The average Bonchev–Trinajstić information content (AvgIpc) is 2.39. The number of para-hydroxylation sites is 1. The van der Waals surface area contributed by atoms with Crippen molar-refractivity contribution in [3.63, 3.8) is 0 Å². The molecule has 1 aliphatic carbocycles. The average molecular weight is 208 g/mol. The van der Waals surface area contributed by atoms with Gasteiger partial charge in [0, 0.05) is 5.39 Å². The van der Waals surface area contributed by atoms with Gasteiger partial charge in [0.25, 0.3) is 0 Å². The van der Waals surface area contributed by atoms with E-state index in [1.807, 2.05) is 18.2 Å². The van der Waals surface area contributed by atoms with Gasteiger partial charge in [-0.15, -0.1) is 0 Å². The van der Waals surface area contributed by atoms with Crippen molar-refractivity contribution in [3.8, 4) is 0 Å². The Hall–Kier alpha value is -1.96. The highest BCUT2D eigenvalue weighted by Gasteiger charge is 2.08.